The molecule has 1 fully saturated rings. The van der Waals surface area contributed by atoms with Crippen molar-refractivity contribution in [2.45, 2.75) is 31.1 Å². The topological polar surface area (TPSA) is 0 Å². The van der Waals surface area contributed by atoms with Gasteiger partial charge in [-0.25, -0.2) is 0 Å². The normalized spacial score (nSPS) is 25.8. The van der Waals surface area contributed by atoms with E-state index in [2.05, 4.69) is 24.5 Å². The molecule has 0 bridgehead atoms. The molecule has 0 radical (unpaired) electrons. The second-order valence-electron chi connectivity index (χ2n) is 4.59. The van der Waals surface area contributed by atoms with E-state index in [0.29, 0.717) is 10.9 Å². The number of hydrogen-bond donors (Lipinski definition) is 0. The van der Waals surface area contributed by atoms with Crippen molar-refractivity contribution in [1.82, 2.24) is 0 Å². The minimum absolute atomic E-state index is 0.599. The molecule has 1 saturated heterocycles. The first-order chi connectivity index (χ1) is 7.34. The fourth-order valence-corrected chi connectivity index (χ4v) is 6.49. The van der Waals surface area contributed by atoms with E-state index < -0.39 is 0 Å². The Balaban J connectivity index is 1.95. The van der Waals surface area contributed by atoms with Crippen molar-refractivity contribution in [3.05, 3.63) is 21.9 Å². The van der Waals surface area contributed by atoms with Crippen LogP contribution < -0.4 is 0 Å². The molecule has 1 atom stereocenters. The van der Waals surface area contributed by atoms with Crippen molar-refractivity contribution < 1.29 is 0 Å². The molecule has 1 aromatic heterocycles. The molecule has 0 saturated carbocycles. The van der Waals surface area contributed by atoms with Gasteiger partial charge in [0.15, 0.2) is 4.90 Å². The highest BCUT2D eigenvalue weighted by molar-refractivity contribution is 7.97. The third kappa shape index (κ3) is 1.78. The zero-order valence-corrected chi connectivity index (χ0v) is 10.8. The van der Waals surface area contributed by atoms with Crippen molar-refractivity contribution in [1.29, 1.82) is 0 Å². The molecule has 80 valence electrons. The van der Waals surface area contributed by atoms with Crippen LogP contribution in [0, 0.1) is 5.92 Å². The lowest BCUT2D eigenvalue weighted by Crippen LogP contribution is -2.07. The molecule has 0 N–H and O–H groups in total. The second-order valence-corrected chi connectivity index (χ2v) is 7.79. The van der Waals surface area contributed by atoms with Crippen LogP contribution in [0.5, 0.6) is 0 Å². The van der Waals surface area contributed by atoms with Gasteiger partial charge in [-0.3, -0.25) is 0 Å². The van der Waals surface area contributed by atoms with Gasteiger partial charge in [-0.2, -0.15) is 0 Å². The molecule has 2 heterocycles. The summed E-state index contributed by atoms with van der Waals surface area (Å²) in [6.07, 6.45) is 8.95. The molecule has 2 heteroatoms. The molecule has 1 unspecified atom stereocenters. The first-order valence-corrected chi connectivity index (χ1v) is 8.25. The van der Waals surface area contributed by atoms with Crippen molar-refractivity contribution in [3.63, 3.8) is 0 Å². The van der Waals surface area contributed by atoms with Gasteiger partial charge in [-0.05, 0) is 25.2 Å². The third-order valence-electron chi connectivity index (χ3n) is 3.32. The first-order valence-electron chi connectivity index (χ1n) is 5.80. The maximum Gasteiger partial charge on any atom is 0.173 e. The maximum atomic E-state index is 2.45. The molecule has 0 amide bonds. The van der Waals surface area contributed by atoms with Gasteiger partial charge in [0.1, 0.15) is 11.5 Å². The molecule has 2 aliphatic rings. The predicted molar refractivity (Wildman–Crippen MR) is 70.8 cm³/mol. The molecule has 0 aromatic carbocycles. The SMILES string of the molecule is CC1C=Cc2c([S+]3CCCC3)csc2C1. The summed E-state index contributed by atoms with van der Waals surface area (Å²) in [4.78, 5) is 3.33. The van der Waals surface area contributed by atoms with Gasteiger partial charge >= 0.3 is 0 Å². The zero-order chi connectivity index (χ0) is 10.3. The van der Waals surface area contributed by atoms with Crippen LogP contribution in [-0.2, 0) is 17.3 Å². The molecule has 0 spiro atoms. The Labute approximate surface area is 98.7 Å². The Bertz CT molecular complexity index is 383. The lowest BCUT2D eigenvalue weighted by Gasteiger charge is -2.11. The minimum Gasteiger partial charge on any atom is -0.143 e. The van der Waals surface area contributed by atoms with E-state index in [4.69, 9.17) is 0 Å². The number of rotatable bonds is 1. The van der Waals surface area contributed by atoms with E-state index >= 15 is 0 Å². The lowest BCUT2D eigenvalue weighted by molar-refractivity contribution is 0.726. The van der Waals surface area contributed by atoms with E-state index in [-0.39, 0.29) is 0 Å². The predicted octanol–water partition coefficient (Wildman–Crippen LogP) is 3.72. The van der Waals surface area contributed by atoms with Crippen molar-refractivity contribution in [2.75, 3.05) is 11.5 Å². The molecular formula is C13H17S2+. The average Bonchev–Trinajstić information content (AvgIpc) is 2.82. The first kappa shape index (κ1) is 9.98. The van der Waals surface area contributed by atoms with E-state index in [1.54, 1.807) is 15.3 Å². The van der Waals surface area contributed by atoms with Crippen LogP contribution >= 0.6 is 11.3 Å². The standard InChI is InChI=1S/C13H17S2/c1-10-4-5-11-12(8-10)14-9-13(11)15-6-2-3-7-15/h4-5,9-10H,2-3,6-8H2,1H3/q+1. The summed E-state index contributed by atoms with van der Waals surface area (Å²) >= 11 is 2.00. The van der Waals surface area contributed by atoms with Crippen LogP contribution in [0.4, 0.5) is 0 Å². The van der Waals surface area contributed by atoms with E-state index in [1.165, 1.54) is 30.8 Å². The summed E-state index contributed by atoms with van der Waals surface area (Å²) in [7, 11) is 0.599. The molecule has 1 aromatic rings. The van der Waals surface area contributed by atoms with Gasteiger partial charge in [-0.15, -0.1) is 11.3 Å². The lowest BCUT2D eigenvalue weighted by atomic mass is 9.98. The van der Waals surface area contributed by atoms with Crippen LogP contribution in [0.15, 0.2) is 16.4 Å². The zero-order valence-electron chi connectivity index (χ0n) is 9.16. The highest BCUT2D eigenvalue weighted by Gasteiger charge is 2.31. The Morgan fingerprint density at radius 2 is 2.13 bits per heavy atom. The van der Waals surface area contributed by atoms with Gasteiger partial charge in [-0.1, -0.05) is 19.1 Å². The maximum absolute atomic E-state index is 2.45. The average molecular weight is 237 g/mol. The van der Waals surface area contributed by atoms with Crippen LogP contribution in [0.25, 0.3) is 6.08 Å². The summed E-state index contributed by atoms with van der Waals surface area (Å²) in [5.41, 5.74) is 1.60. The summed E-state index contributed by atoms with van der Waals surface area (Å²) in [5, 5.41) is 2.45. The number of allylic oxidation sites excluding steroid dienone is 1. The summed E-state index contributed by atoms with van der Waals surface area (Å²) in [5.74, 6) is 3.65. The van der Waals surface area contributed by atoms with Gasteiger partial charge in [0.05, 0.1) is 0 Å². The molecule has 1 aliphatic heterocycles. The van der Waals surface area contributed by atoms with Crippen LogP contribution in [0.2, 0.25) is 0 Å². The Kier molecular flexibility index (Phi) is 2.65. The van der Waals surface area contributed by atoms with Crippen molar-refractivity contribution in [3.8, 4) is 0 Å². The summed E-state index contributed by atoms with van der Waals surface area (Å²) < 4.78 is 0. The van der Waals surface area contributed by atoms with Gasteiger partial charge < -0.3 is 0 Å². The second kappa shape index (κ2) is 3.99. The van der Waals surface area contributed by atoms with E-state index in [9.17, 15) is 0 Å². The minimum atomic E-state index is 0.599. The number of thiophene rings is 1. The highest BCUT2D eigenvalue weighted by Crippen LogP contribution is 2.36. The fraction of sp³-hybridized carbons (Fsp3) is 0.538. The molecule has 15 heavy (non-hydrogen) atoms. The number of fused-ring (bicyclic) bond motifs is 1. The monoisotopic (exact) mass is 237 g/mol. The quantitative estimate of drug-likeness (QED) is 0.653. The Morgan fingerprint density at radius 3 is 2.93 bits per heavy atom. The molecule has 0 nitrogen and oxygen atoms in total. The Hall–Kier alpha value is -0.210. The van der Waals surface area contributed by atoms with E-state index in [0.717, 1.165) is 5.92 Å². The third-order valence-corrected chi connectivity index (χ3v) is 7.01. The van der Waals surface area contributed by atoms with Gasteiger partial charge in [0, 0.05) is 26.7 Å². The van der Waals surface area contributed by atoms with Gasteiger partial charge in [0.25, 0.3) is 0 Å². The van der Waals surface area contributed by atoms with E-state index in [1.807, 2.05) is 11.3 Å². The van der Waals surface area contributed by atoms with Crippen molar-refractivity contribution in [2.24, 2.45) is 5.92 Å². The largest absolute Gasteiger partial charge is 0.173 e. The van der Waals surface area contributed by atoms with Gasteiger partial charge in [0.2, 0.25) is 0 Å². The molecule has 3 rings (SSSR count). The molecule has 1 aliphatic carbocycles. The fourth-order valence-electron chi connectivity index (χ4n) is 2.44. The van der Waals surface area contributed by atoms with Crippen LogP contribution in [0.1, 0.15) is 30.2 Å². The summed E-state index contributed by atoms with van der Waals surface area (Å²) in [6.45, 7) is 2.32. The smallest absolute Gasteiger partial charge is 0.143 e. The van der Waals surface area contributed by atoms with Crippen LogP contribution in [-0.4, -0.2) is 11.5 Å². The van der Waals surface area contributed by atoms with Crippen molar-refractivity contribution >= 4 is 28.3 Å². The Morgan fingerprint density at radius 1 is 1.33 bits per heavy atom. The summed E-state index contributed by atoms with van der Waals surface area (Å²) in [6, 6.07) is 0. The number of hydrogen-bond acceptors (Lipinski definition) is 1. The highest BCUT2D eigenvalue weighted by atomic mass is 32.2. The molecular weight excluding hydrogens is 220 g/mol. The van der Waals surface area contributed by atoms with Crippen LogP contribution in [0.3, 0.4) is 0 Å².